The van der Waals surface area contributed by atoms with Gasteiger partial charge in [0, 0.05) is 92.8 Å². The van der Waals surface area contributed by atoms with E-state index in [4.69, 9.17) is 31.1 Å². The van der Waals surface area contributed by atoms with E-state index in [2.05, 4.69) is 72.1 Å². The van der Waals surface area contributed by atoms with Crippen molar-refractivity contribution < 1.29 is 38.7 Å². The fraction of sp³-hybridized carbons (Fsp3) is 0.619. The first-order chi connectivity index (χ1) is 28.0. The van der Waals surface area contributed by atoms with Gasteiger partial charge in [0.05, 0.1) is 19.8 Å². The largest absolute Gasteiger partial charge is 0.494 e. The van der Waals surface area contributed by atoms with Gasteiger partial charge in [-0.3, -0.25) is 18.7 Å². The molecule has 3 rings (SSSR count). The molecule has 14 nitrogen and oxygen atoms in total. The van der Waals surface area contributed by atoms with Crippen LogP contribution in [-0.4, -0.2) is 83.1 Å². The van der Waals surface area contributed by atoms with E-state index < -0.39 is 17.1 Å². The second-order valence-corrected chi connectivity index (χ2v) is 16.0. The van der Waals surface area contributed by atoms with Crippen molar-refractivity contribution in [1.82, 2.24) is 14.5 Å². The van der Waals surface area contributed by atoms with Gasteiger partial charge in [-0.25, -0.2) is 10.1 Å². The van der Waals surface area contributed by atoms with Gasteiger partial charge in [0.25, 0.3) is 5.56 Å². The number of unbranched alkanes of at least 4 members (excludes halogenated alkanes) is 5. The summed E-state index contributed by atoms with van der Waals surface area (Å²) in [6.45, 7) is 14.8. The van der Waals surface area contributed by atoms with E-state index in [1.165, 1.54) is 6.08 Å². The molecule has 0 radical (unpaired) electrons. The smallest absolute Gasteiger partial charge is 0.333 e. The third kappa shape index (κ3) is 15.9. The second-order valence-electron chi connectivity index (χ2n) is 14.9. The number of ether oxygens (including phenoxy) is 3. The molecule has 0 atom stereocenters. The fourth-order valence-electron chi connectivity index (χ4n) is 6.42. The molecule has 1 amide bonds. The van der Waals surface area contributed by atoms with Crippen LogP contribution in [0.25, 0.3) is 11.6 Å². The molecule has 2 aromatic rings. The molecule has 324 valence electrons. The topological polar surface area (TPSA) is 163 Å². The minimum absolute atomic E-state index is 0.0581. The lowest BCUT2D eigenvalue weighted by atomic mass is 9.80. The van der Waals surface area contributed by atoms with Crippen LogP contribution in [0, 0.1) is 5.41 Å². The van der Waals surface area contributed by atoms with Crippen molar-refractivity contribution in [2.75, 3.05) is 62.6 Å². The Balaban J connectivity index is 1.69. The molecule has 0 bridgehead atoms. The first kappa shape index (κ1) is 48.8. The molecule has 2 heterocycles. The molecule has 1 aliphatic heterocycles. The lowest BCUT2D eigenvalue weighted by Gasteiger charge is -2.30. The molecule has 1 aliphatic rings. The van der Waals surface area contributed by atoms with Gasteiger partial charge >= 0.3 is 5.69 Å². The van der Waals surface area contributed by atoms with Crippen molar-refractivity contribution in [2.45, 2.75) is 105 Å². The third-order valence-electron chi connectivity index (χ3n) is 9.57. The number of hydrogen-bond donors (Lipinski definition) is 3. The van der Waals surface area contributed by atoms with Gasteiger partial charge in [-0.2, -0.15) is 0 Å². The highest BCUT2D eigenvalue weighted by Crippen LogP contribution is 2.44. The zero-order valence-corrected chi connectivity index (χ0v) is 36.4. The van der Waals surface area contributed by atoms with Crippen LogP contribution in [0.3, 0.4) is 0 Å². The van der Waals surface area contributed by atoms with Crippen molar-refractivity contribution in [1.29, 1.82) is 0 Å². The molecule has 0 spiro atoms. The maximum absolute atomic E-state index is 13.8. The van der Waals surface area contributed by atoms with Crippen LogP contribution in [-0.2, 0) is 36.7 Å². The quantitative estimate of drug-likeness (QED) is 0.0193. The molecule has 0 unspecified atom stereocenters. The monoisotopic (exact) mass is 850 g/mol. The Morgan fingerprint density at radius 2 is 1.67 bits per heavy atom. The standard InChI is InChI=1S/C42H63ClN4O10S/c1-6-45(7-2)32-17-19-34-36(42(3,4)5)31-33(55-37(34)30-32)18-20-35-39(49)46(41(51)47(40(35)50)24-15-29-58-57-56-52)23-13-10-11-16-38(48)44-22-26-54-28-27-53-25-14-9-8-12-21-43/h17,19-20,30-31,50,52H,6-16,21-29H2,1-5H3,(H,44,48). The summed E-state index contributed by atoms with van der Waals surface area (Å²) in [5.41, 5.74) is 4.41. The second kappa shape index (κ2) is 26.5. The lowest BCUT2D eigenvalue weighted by molar-refractivity contribution is -0.432. The van der Waals surface area contributed by atoms with E-state index in [-0.39, 0.29) is 30.0 Å². The number of alkyl halides is 1. The van der Waals surface area contributed by atoms with Gasteiger partial charge < -0.3 is 29.5 Å². The van der Waals surface area contributed by atoms with Crippen molar-refractivity contribution >= 4 is 46.9 Å². The number of aromatic hydroxyl groups is 1. The number of allylic oxidation sites excluding steroid dienone is 2. The Kier molecular flexibility index (Phi) is 22.4. The average molecular weight is 852 g/mol. The highest BCUT2D eigenvalue weighted by molar-refractivity contribution is 7.94. The molecule has 1 aromatic carbocycles. The highest BCUT2D eigenvalue weighted by atomic mass is 35.5. The van der Waals surface area contributed by atoms with Gasteiger partial charge in [0.2, 0.25) is 11.8 Å². The summed E-state index contributed by atoms with van der Waals surface area (Å²) in [4.78, 5) is 42.0. The molecule has 0 aliphatic carbocycles. The number of aromatic nitrogens is 2. The summed E-state index contributed by atoms with van der Waals surface area (Å²) in [6.07, 6.45) is 9.75. The number of nitrogens with zero attached hydrogens (tertiary/aromatic N) is 3. The number of carbonyl (C=O) groups excluding carboxylic acids is 1. The number of halogens is 1. The van der Waals surface area contributed by atoms with Crippen molar-refractivity contribution in [3.8, 4) is 11.6 Å². The number of hydrogen-bond acceptors (Lipinski definition) is 12. The molecule has 58 heavy (non-hydrogen) atoms. The first-order valence-electron chi connectivity index (χ1n) is 20.4. The molecule has 3 N–H and O–H groups in total. The van der Waals surface area contributed by atoms with Crippen LogP contribution in [0.15, 0.2) is 45.4 Å². The molecule has 16 heteroatoms. The molecule has 0 saturated heterocycles. The minimum atomic E-state index is -0.663. The Labute approximate surface area is 351 Å². The predicted molar refractivity (Wildman–Crippen MR) is 230 cm³/mol. The van der Waals surface area contributed by atoms with Crippen LogP contribution in [0.5, 0.6) is 11.6 Å². The van der Waals surface area contributed by atoms with Crippen LogP contribution in [0.4, 0.5) is 5.69 Å². The Hall–Kier alpha value is -3.53. The summed E-state index contributed by atoms with van der Waals surface area (Å²) in [7, 11) is 0. The Bertz CT molecular complexity index is 1800. The number of nitrogens with one attached hydrogen (secondary N) is 1. The average Bonchev–Trinajstić information content (AvgIpc) is 3.20. The number of anilines is 1. The van der Waals surface area contributed by atoms with E-state index in [0.29, 0.717) is 88.2 Å². The predicted octanol–water partition coefficient (Wildman–Crippen LogP) is 7.55. The van der Waals surface area contributed by atoms with Gasteiger partial charge in [-0.15, -0.1) is 15.9 Å². The molecular formula is C42H63ClN4O10S. The van der Waals surface area contributed by atoms with Gasteiger partial charge in [-0.1, -0.05) is 50.8 Å². The van der Waals surface area contributed by atoms with Crippen molar-refractivity contribution in [3.05, 3.63) is 67.7 Å². The summed E-state index contributed by atoms with van der Waals surface area (Å²) >= 11 is 6.51. The summed E-state index contributed by atoms with van der Waals surface area (Å²) in [6, 6.07) is 6.15. The Morgan fingerprint density at radius 3 is 2.38 bits per heavy atom. The van der Waals surface area contributed by atoms with Gasteiger partial charge in [-0.05, 0) is 75.1 Å². The van der Waals surface area contributed by atoms with Gasteiger partial charge in [0.1, 0.15) is 11.3 Å². The van der Waals surface area contributed by atoms with Crippen LogP contribution in [0.2, 0.25) is 0 Å². The first-order valence-corrected chi connectivity index (χ1v) is 21.8. The van der Waals surface area contributed by atoms with Crippen molar-refractivity contribution in [3.63, 3.8) is 0 Å². The lowest BCUT2D eigenvalue weighted by Crippen LogP contribution is -2.41. The zero-order chi connectivity index (χ0) is 42.3. The maximum Gasteiger partial charge on any atom is 0.333 e. The number of fused-ring (bicyclic) bond motifs is 1. The molecule has 1 aromatic heterocycles. The third-order valence-corrected chi connectivity index (χ3v) is 10.4. The van der Waals surface area contributed by atoms with Crippen molar-refractivity contribution in [2.24, 2.45) is 5.41 Å². The fourth-order valence-corrected chi connectivity index (χ4v) is 6.97. The van der Waals surface area contributed by atoms with Crippen LogP contribution < -0.4 is 26.2 Å². The number of carbonyl (C=O) groups is 1. The summed E-state index contributed by atoms with van der Waals surface area (Å²) in [5.74, 6) is 1.44. The summed E-state index contributed by atoms with van der Waals surface area (Å²) in [5, 5.41) is 26.2. The zero-order valence-electron chi connectivity index (χ0n) is 34.8. The van der Waals surface area contributed by atoms with E-state index in [1.54, 1.807) is 0 Å². The maximum atomic E-state index is 13.8. The molecule has 0 saturated carbocycles. The van der Waals surface area contributed by atoms with E-state index in [0.717, 1.165) is 76.8 Å². The highest BCUT2D eigenvalue weighted by Gasteiger charge is 2.27. The van der Waals surface area contributed by atoms with Crippen LogP contribution in [0.1, 0.15) is 104 Å². The Morgan fingerprint density at radius 1 is 0.966 bits per heavy atom. The number of benzene rings is 1. The van der Waals surface area contributed by atoms with E-state index >= 15 is 0 Å². The van der Waals surface area contributed by atoms with E-state index in [9.17, 15) is 19.5 Å². The van der Waals surface area contributed by atoms with Crippen LogP contribution >= 0.6 is 23.6 Å². The number of rotatable bonds is 28. The number of amides is 1. The molecule has 0 fully saturated rings. The van der Waals surface area contributed by atoms with E-state index in [1.807, 2.05) is 12.1 Å². The van der Waals surface area contributed by atoms with Gasteiger partial charge in [0.15, 0.2) is 5.76 Å². The normalized spacial score (nSPS) is 12.5. The minimum Gasteiger partial charge on any atom is -0.494 e. The molecular weight excluding hydrogens is 788 g/mol. The summed E-state index contributed by atoms with van der Waals surface area (Å²) < 4.78 is 24.1. The SMILES string of the molecule is CCN(CC)c1ccc2c(c1)OC(=C=Cc1c(O)n(CCCSOOO)c(=O)n(CCCCCC(=O)NCCOCCOCCCCCCCl)c1=O)C=C2C(C)(C)C.